The fourth-order valence-corrected chi connectivity index (χ4v) is 2.80. The molecule has 0 saturated heterocycles. The molecule has 0 heterocycles. The minimum absolute atomic E-state index is 0.104. The molecule has 0 N–H and O–H groups in total. The van der Waals surface area contributed by atoms with Crippen molar-refractivity contribution >= 4 is 11.4 Å². The van der Waals surface area contributed by atoms with E-state index in [0.717, 1.165) is 0 Å². The number of carbonyl (C=O) groups excluding carboxylic acids is 1. The van der Waals surface area contributed by atoms with Gasteiger partial charge in [0.1, 0.15) is 0 Å². The zero-order chi connectivity index (χ0) is 13.5. The van der Waals surface area contributed by atoms with Crippen LogP contribution in [0.1, 0.15) is 44.6 Å². The largest absolute Gasteiger partial charge is 0.295 e. The van der Waals surface area contributed by atoms with Crippen LogP contribution in [0.5, 0.6) is 0 Å². The molecule has 19 heavy (non-hydrogen) atoms. The van der Waals surface area contributed by atoms with Crippen LogP contribution in [0.15, 0.2) is 48.6 Å². The van der Waals surface area contributed by atoms with E-state index in [2.05, 4.69) is 30.3 Å². The Hall–Kier alpha value is -1.63. The Balaban J connectivity index is 2.24. The predicted molar refractivity (Wildman–Crippen MR) is 80.8 cm³/mol. The fourth-order valence-electron chi connectivity index (χ4n) is 2.80. The van der Waals surface area contributed by atoms with Crippen molar-refractivity contribution in [3.8, 4) is 0 Å². The zero-order valence-electron chi connectivity index (χ0n) is 11.6. The lowest BCUT2D eigenvalue weighted by molar-refractivity contribution is -0.112. The van der Waals surface area contributed by atoms with Gasteiger partial charge in [0.2, 0.25) is 0 Å². The van der Waals surface area contributed by atoms with Crippen LogP contribution < -0.4 is 0 Å². The summed E-state index contributed by atoms with van der Waals surface area (Å²) in [5.74, 6) is 0.750. The lowest BCUT2D eigenvalue weighted by Gasteiger charge is -2.24. The summed E-state index contributed by atoms with van der Waals surface area (Å²) in [6.07, 6.45) is 12.2. The number of ketones is 1. The molecule has 0 bridgehead atoms. The molecule has 2 rings (SSSR count). The number of rotatable bonds is 4. The van der Waals surface area contributed by atoms with Crippen LogP contribution in [0.25, 0.3) is 5.57 Å². The van der Waals surface area contributed by atoms with Gasteiger partial charge in [-0.15, -0.1) is 0 Å². The second kappa shape index (κ2) is 7.08. The van der Waals surface area contributed by atoms with Gasteiger partial charge in [-0.3, -0.25) is 4.79 Å². The van der Waals surface area contributed by atoms with Crippen molar-refractivity contribution in [1.29, 1.82) is 0 Å². The molecule has 100 valence electrons. The van der Waals surface area contributed by atoms with Gasteiger partial charge in [-0.1, -0.05) is 61.7 Å². The van der Waals surface area contributed by atoms with E-state index in [-0.39, 0.29) is 5.78 Å². The number of allylic oxidation sites excluding steroid dienone is 4. The van der Waals surface area contributed by atoms with Crippen LogP contribution in [0, 0.1) is 5.92 Å². The van der Waals surface area contributed by atoms with E-state index in [1.807, 2.05) is 12.1 Å². The molecule has 0 spiro atoms. The Morgan fingerprint density at radius 3 is 2.42 bits per heavy atom. The van der Waals surface area contributed by atoms with Crippen molar-refractivity contribution in [3.05, 3.63) is 54.1 Å². The molecule has 0 amide bonds. The van der Waals surface area contributed by atoms with E-state index < -0.39 is 0 Å². The SMILES string of the molecule is CC(=O)/C=C/C=C(\c1ccccc1)C1CCCCC1. The first-order valence-corrected chi connectivity index (χ1v) is 7.21. The van der Waals surface area contributed by atoms with E-state index in [1.165, 1.54) is 43.2 Å². The minimum atomic E-state index is 0.104. The molecule has 1 aliphatic rings. The van der Waals surface area contributed by atoms with Crippen LogP contribution in [-0.2, 0) is 4.79 Å². The monoisotopic (exact) mass is 254 g/mol. The third kappa shape index (κ3) is 4.20. The first-order chi connectivity index (χ1) is 9.27. The first-order valence-electron chi connectivity index (χ1n) is 7.21. The fraction of sp³-hybridized carbons (Fsp3) is 0.389. The van der Waals surface area contributed by atoms with Gasteiger partial charge in [0.15, 0.2) is 5.78 Å². The highest BCUT2D eigenvalue weighted by Gasteiger charge is 2.18. The topological polar surface area (TPSA) is 17.1 Å². The number of benzene rings is 1. The Bertz CT molecular complexity index is 462. The lowest BCUT2D eigenvalue weighted by Crippen LogP contribution is -2.08. The summed E-state index contributed by atoms with van der Waals surface area (Å²) in [4.78, 5) is 11.0. The van der Waals surface area contributed by atoms with E-state index in [0.29, 0.717) is 5.92 Å². The van der Waals surface area contributed by atoms with Gasteiger partial charge in [-0.25, -0.2) is 0 Å². The summed E-state index contributed by atoms with van der Waals surface area (Å²) in [6.45, 7) is 1.59. The van der Waals surface area contributed by atoms with Crippen molar-refractivity contribution in [2.24, 2.45) is 5.92 Å². The Labute approximate surface area is 116 Å². The quantitative estimate of drug-likeness (QED) is 0.557. The highest BCUT2D eigenvalue weighted by Crippen LogP contribution is 2.35. The summed E-state index contributed by atoms with van der Waals surface area (Å²) < 4.78 is 0. The van der Waals surface area contributed by atoms with Crippen LogP contribution in [0.4, 0.5) is 0 Å². The van der Waals surface area contributed by atoms with Crippen LogP contribution in [0.3, 0.4) is 0 Å². The summed E-state index contributed by atoms with van der Waals surface area (Å²) in [7, 11) is 0. The second-order valence-electron chi connectivity index (χ2n) is 5.29. The molecular weight excluding hydrogens is 232 g/mol. The number of carbonyl (C=O) groups is 1. The van der Waals surface area contributed by atoms with E-state index in [9.17, 15) is 4.79 Å². The molecule has 1 heteroatoms. The van der Waals surface area contributed by atoms with Gasteiger partial charge in [0, 0.05) is 0 Å². The second-order valence-corrected chi connectivity index (χ2v) is 5.29. The smallest absolute Gasteiger partial charge is 0.152 e. The molecule has 1 nitrogen and oxygen atoms in total. The summed E-state index contributed by atoms with van der Waals surface area (Å²) in [5.41, 5.74) is 2.68. The molecule has 1 fully saturated rings. The third-order valence-electron chi connectivity index (χ3n) is 3.76. The van der Waals surface area contributed by atoms with Crippen molar-refractivity contribution < 1.29 is 4.79 Å². The summed E-state index contributed by atoms with van der Waals surface area (Å²) >= 11 is 0. The average molecular weight is 254 g/mol. The maximum atomic E-state index is 11.0. The van der Waals surface area contributed by atoms with Gasteiger partial charge in [0.25, 0.3) is 0 Å². The van der Waals surface area contributed by atoms with Crippen LogP contribution in [0.2, 0.25) is 0 Å². The van der Waals surface area contributed by atoms with E-state index in [1.54, 1.807) is 13.0 Å². The molecule has 0 atom stereocenters. The standard InChI is InChI=1S/C18H22O/c1-15(19)9-8-14-18(16-10-4-2-5-11-16)17-12-6-3-7-13-17/h2,4-5,8-11,14,17H,3,6-7,12-13H2,1H3/b9-8+,18-14+. The van der Waals surface area contributed by atoms with Gasteiger partial charge < -0.3 is 0 Å². The normalized spacial score (nSPS) is 17.8. The summed E-state index contributed by atoms with van der Waals surface area (Å²) in [5, 5.41) is 0. The molecule has 0 unspecified atom stereocenters. The van der Waals surface area contributed by atoms with Crippen molar-refractivity contribution in [3.63, 3.8) is 0 Å². The summed E-state index contributed by atoms with van der Waals surface area (Å²) in [6, 6.07) is 10.6. The maximum Gasteiger partial charge on any atom is 0.152 e. The van der Waals surface area contributed by atoms with Crippen molar-refractivity contribution in [2.75, 3.05) is 0 Å². The van der Waals surface area contributed by atoms with Crippen molar-refractivity contribution in [2.45, 2.75) is 39.0 Å². The highest BCUT2D eigenvalue weighted by molar-refractivity contribution is 5.87. The molecule has 1 aromatic carbocycles. The third-order valence-corrected chi connectivity index (χ3v) is 3.76. The highest BCUT2D eigenvalue weighted by atomic mass is 16.1. The lowest BCUT2D eigenvalue weighted by atomic mass is 9.81. The molecule has 0 aliphatic heterocycles. The molecule has 1 saturated carbocycles. The predicted octanol–water partition coefficient (Wildman–Crippen LogP) is 4.80. The van der Waals surface area contributed by atoms with Crippen LogP contribution in [-0.4, -0.2) is 5.78 Å². The van der Waals surface area contributed by atoms with Gasteiger partial charge >= 0.3 is 0 Å². The van der Waals surface area contributed by atoms with Gasteiger partial charge in [-0.2, -0.15) is 0 Å². The van der Waals surface area contributed by atoms with Crippen molar-refractivity contribution in [1.82, 2.24) is 0 Å². The van der Waals surface area contributed by atoms with Crippen LogP contribution >= 0.6 is 0 Å². The Morgan fingerprint density at radius 1 is 1.11 bits per heavy atom. The maximum absolute atomic E-state index is 11.0. The molecule has 0 radical (unpaired) electrons. The van der Waals surface area contributed by atoms with E-state index >= 15 is 0 Å². The van der Waals surface area contributed by atoms with E-state index in [4.69, 9.17) is 0 Å². The Kier molecular flexibility index (Phi) is 5.14. The Morgan fingerprint density at radius 2 is 1.79 bits per heavy atom. The molecule has 1 aromatic rings. The number of hydrogen-bond acceptors (Lipinski definition) is 1. The van der Waals surface area contributed by atoms with Gasteiger partial charge in [0.05, 0.1) is 0 Å². The molecule has 1 aliphatic carbocycles. The average Bonchev–Trinajstić information content (AvgIpc) is 2.45. The molecular formula is C18H22O. The molecule has 0 aromatic heterocycles. The van der Waals surface area contributed by atoms with Gasteiger partial charge in [-0.05, 0) is 42.9 Å². The minimum Gasteiger partial charge on any atom is -0.295 e. The zero-order valence-corrected chi connectivity index (χ0v) is 11.6. The number of hydrogen-bond donors (Lipinski definition) is 0. The first kappa shape index (κ1) is 13.8.